The Labute approximate surface area is 165 Å². The van der Waals surface area contributed by atoms with Gasteiger partial charge in [0.2, 0.25) is 0 Å². The minimum Gasteiger partial charge on any atom is -0.490 e. The van der Waals surface area contributed by atoms with Crippen LogP contribution in [-0.4, -0.2) is 74.5 Å². The molecule has 3 rings (SSSR count). The summed E-state index contributed by atoms with van der Waals surface area (Å²) >= 11 is 0. The molecule has 1 aromatic rings. The van der Waals surface area contributed by atoms with Crippen molar-refractivity contribution in [2.75, 3.05) is 39.0 Å². The number of piperazine rings is 1. The summed E-state index contributed by atoms with van der Waals surface area (Å²) in [6, 6.07) is 4.21. The molecule has 0 aromatic heterocycles. The normalized spacial score (nSPS) is 24.1. The average Bonchev–Trinajstić information content (AvgIpc) is 2.67. The monoisotopic (exact) mass is 414 g/mol. The van der Waals surface area contributed by atoms with Gasteiger partial charge < -0.3 is 14.7 Å². The molecule has 0 spiro atoms. The topological polar surface area (TPSA) is 87.2 Å². The maximum Gasteiger partial charge on any atom is 0.407 e. The van der Waals surface area contributed by atoms with Crippen molar-refractivity contribution in [1.82, 2.24) is 9.80 Å². The van der Waals surface area contributed by atoms with Crippen LogP contribution >= 0.6 is 0 Å². The third-order valence-corrected chi connectivity index (χ3v) is 6.83. The lowest BCUT2D eigenvalue weighted by molar-refractivity contribution is 0.0616. The number of ether oxygens (including phenoxy) is 1. The van der Waals surface area contributed by atoms with Crippen LogP contribution in [0.2, 0.25) is 0 Å². The Kier molecular flexibility index (Phi) is 6.44. The highest BCUT2D eigenvalue weighted by Gasteiger charge is 2.29. The van der Waals surface area contributed by atoms with Crippen molar-refractivity contribution in [1.29, 1.82) is 0 Å². The Balaban J connectivity index is 1.44. The van der Waals surface area contributed by atoms with E-state index in [9.17, 15) is 17.6 Å². The SMILES string of the molecule is CS(=O)(=O)c1ccc(OCC2CCC(N3CCN(C(=O)O)CC3)CC2)c(F)c1. The maximum atomic E-state index is 14.1. The summed E-state index contributed by atoms with van der Waals surface area (Å²) < 4.78 is 42.6. The highest BCUT2D eigenvalue weighted by Crippen LogP contribution is 2.30. The highest BCUT2D eigenvalue weighted by atomic mass is 32.2. The van der Waals surface area contributed by atoms with Crippen molar-refractivity contribution in [3.8, 4) is 5.75 Å². The second kappa shape index (κ2) is 8.65. The predicted octanol–water partition coefficient (Wildman–Crippen LogP) is 2.46. The van der Waals surface area contributed by atoms with E-state index >= 15 is 0 Å². The molecule has 1 aliphatic heterocycles. The van der Waals surface area contributed by atoms with Gasteiger partial charge in [-0.15, -0.1) is 0 Å². The molecule has 2 fully saturated rings. The van der Waals surface area contributed by atoms with Crippen molar-refractivity contribution in [2.45, 2.75) is 36.6 Å². The van der Waals surface area contributed by atoms with Gasteiger partial charge in [-0.1, -0.05) is 0 Å². The second-order valence-corrected chi connectivity index (χ2v) is 9.67. The first kappa shape index (κ1) is 20.9. The number of rotatable bonds is 5. The van der Waals surface area contributed by atoms with E-state index in [2.05, 4.69) is 4.90 Å². The molecule has 1 amide bonds. The zero-order valence-corrected chi connectivity index (χ0v) is 16.8. The second-order valence-electron chi connectivity index (χ2n) is 7.66. The molecule has 2 aliphatic rings. The number of carboxylic acid groups (broad SMARTS) is 1. The number of hydrogen-bond acceptors (Lipinski definition) is 5. The van der Waals surface area contributed by atoms with Crippen LogP contribution in [0.4, 0.5) is 9.18 Å². The molecule has 1 N–H and O–H groups in total. The molecule has 1 saturated carbocycles. The average molecular weight is 414 g/mol. The molecule has 7 nitrogen and oxygen atoms in total. The summed E-state index contributed by atoms with van der Waals surface area (Å²) in [5.74, 6) is -0.238. The van der Waals surface area contributed by atoms with Crippen molar-refractivity contribution in [2.24, 2.45) is 5.92 Å². The molecule has 28 heavy (non-hydrogen) atoms. The summed E-state index contributed by atoms with van der Waals surface area (Å²) in [5.41, 5.74) is 0. The molecule has 0 atom stereocenters. The Morgan fingerprint density at radius 2 is 1.82 bits per heavy atom. The maximum absolute atomic E-state index is 14.1. The van der Waals surface area contributed by atoms with Crippen LogP contribution in [0.1, 0.15) is 25.7 Å². The third-order valence-electron chi connectivity index (χ3n) is 5.72. The molecule has 1 aliphatic carbocycles. The fourth-order valence-corrected chi connectivity index (χ4v) is 4.62. The molecule has 0 bridgehead atoms. The van der Waals surface area contributed by atoms with E-state index in [0.717, 1.165) is 51.1 Å². The number of sulfone groups is 1. The molecule has 1 aromatic carbocycles. The molecule has 156 valence electrons. The quantitative estimate of drug-likeness (QED) is 0.797. The molecule has 0 unspecified atom stereocenters. The lowest BCUT2D eigenvalue weighted by Gasteiger charge is -2.41. The molecular formula is C19H27FN2O5S. The number of benzene rings is 1. The number of amides is 1. The van der Waals surface area contributed by atoms with Gasteiger partial charge in [-0.3, -0.25) is 4.90 Å². The minimum absolute atomic E-state index is 0.0548. The molecule has 0 radical (unpaired) electrons. The van der Waals surface area contributed by atoms with Crippen LogP contribution in [0.25, 0.3) is 0 Å². The third kappa shape index (κ3) is 5.14. The Hall–Kier alpha value is -1.87. The smallest absolute Gasteiger partial charge is 0.407 e. The lowest BCUT2D eigenvalue weighted by Crippen LogP contribution is -2.52. The van der Waals surface area contributed by atoms with E-state index in [1.54, 1.807) is 0 Å². The van der Waals surface area contributed by atoms with E-state index in [0.29, 0.717) is 31.7 Å². The van der Waals surface area contributed by atoms with Gasteiger partial charge in [0, 0.05) is 38.5 Å². The standard InChI is InChI=1S/C19H27FN2O5S/c1-28(25,26)16-6-7-18(17(20)12-16)27-13-14-2-4-15(5-3-14)21-8-10-22(11-9-21)19(23)24/h6-7,12,14-15H,2-5,8-11,13H2,1H3,(H,23,24). The Morgan fingerprint density at radius 3 is 2.36 bits per heavy atom. The van der Waals surface area contributed by atoms with Gasteiger partial charge in [-0.05, 0) is 49.8 Å². The minimum atomic E-state index is -3.44. The first-order valence-electron chi connectivity index (χ1n) is 9.58. The summed E-state index contributed by atoms with van der Waals surface area (Å²) in [4.78, 5) is 14.8. The summed E-state index contributed by atoms with van der Waals surface area (Å²) in [6.07, 6.45) is 4.20. The van der Waals surface area contributed by atoms with Crippen LogP contribution in [0, 0.1) is 11.7 Å². The first-order valence-corrected chi connectivity index (χ1v) is 11.5. The lowest BCUT2D eigenvalue weighted by atomic mass is 9.85. The fourth-order valence-electron chi connectivity index (χ4n) is 3.99. The number of halogens is 1. The van der Waals surface area contributed by atoms with Crippen molar-refractivity contribution < 1.29 is 27.4 Å². The van der Waals surface area contributed by atoms with Gasteiger partial charge >= 0.3 is 6.09 Å². The molecule has 1 heterocycles. The van der Waals surface area contributed by atoms with E-state index < -0.39 is 21.7 Å². The first-order chi connectivity index (χ1) is 13.2. The number of nitrogens with zero attached hydrogens (tertiary/aromatic N) is 2. The van der Waals surface area contributed by atoms with Crippen LogP contribution in [0.15, 0.2) is 23.1 Å². The Morgan fingerprint density at radius 1 is 1.18 bits per heavy atom. The van der Waals surface area contributed by atoms with Gasteiger partial charge in [-0.25, -0.2) is 17.6 Å². The molecular weight excluding hydrogens is 387 g/mol. The summed E-state index contributed by atoms with van der Waals surface area (Å²) in [5, 5.41) is 9.03. The largest absolute Gasteiger partial charge is 0.490 e. The highest BCUT2D eigenvalue weighted by molar-refractivity contribution is 7.90. The van der Waals surface area contributed by atoms with Crippen LogP contribution in [-0.2, 0) is 9.84 Å². The van der Waals surface area contributed by atoms with E-state index in [4.69, 9.17) is 9.84 Å². The zero-order valence-electron chi connectivity index (χ0n) is 16.0. The summed E-state index contributed by atoms with van der Waals surface area (Å²) in [6.45, 7) is 3.07. The van der Waals surface area contributed by atoms with Crippen molar-refractivity contribution in [3.63, 3.8) is 0 Å². The van der Waals surface area contributed by atoms with Crippen LogP contribution in [0.5, 0.6) is 5.75 Å². The van der Waals surface area contributed by atoms with Gasteiger partial charge in [0.25, 0.3) is 0 Å². The van der Waals surface area contributed by atoms with E-state index in [-0.39, 0.29) is 10.6 Å². The Bertz CT molecular complexity index is 801. The summed E-state index contributed by atoms with van der Waals surface area (Å²) in [7, 11) is -3.44. The number of carbonyl (C=O) groups is 1. The number of hydrogen-bond donors (Lipinski definition) is 1. The van der Waals surface area contributed by atoms with Gasteiger partial charge in [0.15, 0.2) is 21.4 Å². The molecule has 1 saturated heterocycles. The van der Waals surface area contributed by atoms with E-state index in [1.165, 1.54) is 17.0 Å². The molecule has 9 heteroatoms. The van der Waals surface area contributed by atoms with Crippen LogP contribution < -0.4 is 4.74 Å². The van der Waals surface area contributed by atoms with E-state index in [1.807, 2.05) is 0 Å². The van der Waals surface area contributed by atoms with Gasteiger partial charge in [0.1, 0.15) is 0 Å². The van der Waals surface area contributed by atoms with Crippen molar-refractivity contribution in [3.05, 3.63) is 24.0 Å². The zero-order chi connectivity index (χ0) is 20.3. The van der Waals surface area contributed by atoms with Gasteiger partial charge in [0.05, 0.1) is 11.5 Å². The predicted molar refractivity (Wildman–Crippen MR) is 102 cm³/mol. The van der Waals surface area contributed by atoms with Crippen LogP contribution in [0.3, 0.4) is 0 Å². The fraction of sp³-hybridized carbons (Fsp3) is 0.632. The van der Waals surface area contributed by atoms with Gasteiger partial charge in [-0.2, -0.15) is 0 Å². The van der Waals surface area contributed by atoms with Crippen molar-refractivity contribution >= 4 is 15.9 Å².